The molecule has 21 N–H and O–H groups in total. The van der Waals surface area contributed by atoms with E-state index in [2.05, 4.69) is 58.0 Å². The minimum absolute atomic E-state index is 0.0622. The van der Waals surface area contributed by atoms with E-state index in [9.17, 15) is 93.9 Å². The lowest BCUT2D eigenvalue weighted by Gasteiger charge is -2.46. The van der Waals surface area contributed by atoms with Crippen molar-refractivity contribution in [3.8, 4) is 0 Å². The van der Waals surface area contributed by atoms with E-state index in [0.29, 0.717) is 57.8 Å². The fourth-order valence-electron chi connectivity index (χ4n) is 10.7. The summed E-state index contributed by atoms with van der Waals surface area (Å²) < 4.78 is 50.0. The fraction of sp³-hybridized carbons (Fsp3) is 0.841. The van der Waals surface area contributed by atoms with Crippen LogP contribution in [0.25, 0.3) is 0 Å². The highest BCUT2D eigenvalue weighted by atomic mass is 127. The van der Waals surface area contributed by atoms with Gasteiger partial charge in [0.05, 0.1) is 59.5 Å². The first kappa shape index (κ1) is 92.8. The molecular formula is C63H112IN11O29. The Kier molecular flexibility index (Phi) is 46.3. The summed E-state index contributed by atoms with van der Waals surface area (Å²) in [7, 11) is 0. The van der Waals surface area contributed by atoms with Crippen LogP contribution in [0.5, 0.6) is 0 Å². The number of alkyl halides is 1. The van der Waals surface area contributed by atoms with E-state index in [1.165, 1.54) is 20.8 Å². The van der Waals surface area contributed by atoms with Gasteiger partial charge in [-0.3, -0.25) is 52.8 Å². The van der Waals surface area contributed by atoms with Crippen molar-refractivity contribution in [1.29, 1.82) is 0 Å². The lowest BCUT2D eigenvalue weighted by atomic mass is 9.97. The minimum Gasteiger partial charge on any atom is -0.394 e. The summed E-state index contributed by atoms with van der Waals surface area (Å²) in [6, 6.07) is -3.31. The van der Waals surface area contributed by atoms with Gasteiger partial charge in [-0.15, -0.1) is 0 Å². The summed E-state index contributed by atoms with van der Waals surface area (Å²) in [6.45, 7) is 1.32. The fourth-order valence-corrected chi connectivity index (χ4v) is 11.3. The highest BCUT2D eigenvalue weighted by Crippen LogP contribution is 2.36. The molecule has 6 unspecified atom stereocenters. The quantitative estimate of drug-likeness (QED) is 0.0116. The van der Waals surface area contributed by atoms with Gasteiger partial charge in [0.25, 0.3) is 0 Å². The summed E-state index contributed by atoms with van der Waals surface area (Å²) in [5.41, 5.74) is -1.51. The summed E-state index contributed by atoms with van der Waals surface area (Å²) in [4.78, 5) is 129. The smallest absolute Gasteiger partial charge is 0.248 e. The van der Waals surface area contributed by atoms with Gasteiger partial charge in [0, 0.05) is 118 Å². The Balaban J connectivity index is 1.45. The zero-order chi connectivity index (χ0) is 77.0. The summed E-state index contributed by atoms with van der Waals surface area (Å²) in [5, 5.41) is 118. The summed E-state index contributed by atoms with van der Waals surface area (Å²) in [6.07, 6.45) is -11.1. The highest BCUT2D eigenvalue weighted by molar-refractivity contribution is 14.1. The van der Waals surface area contributed by atoms with Crippen molar-refractivity contribution in [1.82, 2.24) is 53.2 Å². The van der Waals surface area contributed by atoms with Crippen LogP contribution >= 0.6 is 22.6 Å². The molecule has 41 heteroatoms. The minimum atomic E-state index is -1.58. The van der Waals surface area contributed by atoms with Crippen LogP contribution in [0.3, 0.4) is 0 Å². The Morgan fingerprint density at radius 1 is 0.423 bits per heavy atom. The Labute approximate surface area is 616 Å². The van der Waals surface area contributed by atoms with E-state index in [1.54, 1.807) is 22.6 Å². The Hall–Kier alpha value is -5.37. The molecule has 0 spiro atoms. The third-order valence-corrected chi connectivity index (χ3v) is 17.5. The van der Waals surface area contributed by atoms with Crippen LogP contribution in [0.15, 0.2) is 0 Å². The highest BCUT2D eigenvalue weighted by Gasteiger charge is 2.53. The number of hydrogen-bond acceptors (Lipinski definition) is 30. The van der Waals surface area contributed by atoms with Crippen molar-refractivity contribution >= 4 is 81.7 Å². The van der Waals surface area contributed by atoms with Crippen molar-refractivity contribution in [2.45, 2.75) is 212 Å². The van der Waals surface area contributed by atoms with Crippen molar-refractivity contribution in [2.24, 2.45) is 5.90 Å². The van der Waals surface area contributed by atoms with E-state index in [1.807, 2.05) is 0 Å². The van der Waals surface area contributed by atoms with Gasteiger partial charge in [-0.25, -0.2) is 5.90 Å². The number of nitrogens with one attached hydrogen (secondary N) is 10. The van der Waals surface area contributed by atoms with Crippen LogP contribution in [0.1, 0.15) is 117 Å². The average Bonchev–Trinajstić information content (AvgIpc) is 0.785. The molecule has 104 heavy (non-hydrogen) atoms. The number of rotatable bonds is 54. The maximum absolute atomic E-state index is 13.1. The molecule has 0 aromatic carbocycles. The molecule has 40 nitrogen and oxygen atoms in total. The van der Waals surface area contributed by atoms with Crippen LogP contribution in [0, 0.1) is 0 Å². The van der Waals surface area contributed by atoms with Crippen LogP contribution < -0.4 is 59.1 Å². The predicted octanol–water partition coefficient (Wildman–Crippen LogP) is -8.03. The number of aliphatic hydroxyl groups excluding tert-OH is 9. The first-order valence-corrected chi connectivity index (χ1v) is 35.9. The second-order valence-corrected chi connectivity index (χ2v) is 27.0. The zero-order valence-electron chi connectivity index (χ0n) is 59.3. The Morgan fingerprint density at radius 3 is 1.05 bits per heavy atom. The molecule has 0 radical (unpaired) electrons. The number of amides is 10. The number of nitrogens with two attached hydrogens (primary N) is 1. The number of aliphatic hydroxyl groups is 9. The number of unbranched alkanes of at least 4 members (excludes halogenated alkanes) is 3. The second-order valence-electron chi connectivity index (χ2n) is 25.1. The molecule has 600 valence electrons. The summed E-state index contributed by atoms with van der Waals surface area (Å²) in [5.74, 6) is 1.03. The zero-order valence-corrected chi connectivity index (χ0v) is 61.4. The maximum atomic E-state index is 13.1. The van der Waals surface area contributed by atoms with Crippen LogP contribution in [0.2, 0.25) is 0 Å². The van der Waals surface area contributed by atoms with E-state index in [0.717, 1.165) is 0 Å². The maximum Gasteiger partial charge on any atom is 0.248 e. The second kappa shape index (κ2) is 51.8. The molecule has 0 bridgehead atoms. The molecule has 3 saturated heterocycles. The van der Waals surface area contributed by atoms with E-state index in [-0.39, 0.29) is 155 Å². The molecule has 3 aliphatic rings. The van der Waals surface area contributed by atoms with Gasteiger partial charge >= 0.3 is 0 Å². The molecule has 3 aliphatic heterocycles. The van der Waals surface area contributed by atoms with Crippen LogP contribution in [0.4, 0.5) is 0 Å². The van der Waals surface area contributed by atoms with Gasteiger partial charge < -0.3 is 142 Å². The molecule has 0 aromatic rings. The predicted molar refractivity (Wildman–Crippen MR) is 368 cm³/mol. The number of carbonyl (C=O) groups is 10. The lowest BCUT2D eigenvalue weighted by molar-refractivity contribution is -0.276. The number of ether oxygens (including phenoxy) is 9. The number of halogens is 1. The lowest BCUT2D eigenvalue weighted by Crippen LogP contribution is -2.67. The van der Waals surface area contributed by atoms with Crippen molar-refractivity contribution in [3.05, 3.63) is 0 Å². The summed E-state index contributed by atoms with van der Waals surface area (Å²) >= 11 is 1.66. The van der Waals surface area contributed by atoms with Gasteiger partial charge in [0.15, 0.2) is 22.5 Å². The standard InChI is InChI=1S/C63H112IN11O29/c1-38(79)72-50-55(91)53(89)41(31-76)102-59(50)98-25-7-4-13-43(82)66-19-10-22-69-46(85)16-28-95-35-62(75-49(88)33-101-65,36-96-29-17-47(86)70-23-11-20-67-44(83)14-5-8-26-99-60-51(73-39(2)80)56(92)54(90)42(32-77)103-60)37-97-30-18-48(87)71-24-12-21-68-45(84)15-6-9-27-100-61-52(74-40(3)81)57(93)58(94)63(64,34-78)104-61/h41-42,50-61,76-78,89-94H,4-37,65H2,1-3H3,(H,66,82)(H,67,83)(H,68,84)(H,69,85)(H,70,86)(H,71,87)(H,72,79)(H,73,80)(H,74,81)(H,75,88)/t41?,42?,50-,51-,52-,53-,54-,55?,56?,57?,58+,59+,60+,61+,62?,63?/m0/s1. The number of carbonyl (C=O) groups excluding carboxylic acids is 10. The third-order valence-electron chi connectivity index (χ3n) is 16.2. The molecule has 3 heterocycles. The Morgan fingerprint density at radius 2 is 0.740 bits per heavy atom. The van der Waals surface area contributed by atoms with Gasteiger partial charge in [-0.2, -0.15) is 0 Å². The van der Waals surface area contributed by atoms with Crippen LogP contribution in [-0.2, 0) is 95.4 Å². The monoisotopic (exact) mass is 1610 g/mol. The van der Waals surface area contributed by atoms with Crippen molar-refractivity contribution < 1.29 is 141 Å². The largest absolute Gasteiger partial charge is 0.394 e. The first-order valence-electron chi connectivity index (χ1n) is 34.8. The van der Waals surface area contributed by atoms with Gasteiger partial charge in [0.1, 0.15) is 79.1 Å². The normalized spacial score (nSPS) is 25.8. The van der Waals surface area contributed by atoms with Gasteiger partial charge in [0.2, 0.25) is 59.1 Å². The van der Waals surface area contributed by atoms with E-state index < -0.39 is 163 Å². The molecule has 10 amide bonds. The molecule has 0 aromatic heterocycles. The topological polar surface area (TPSA) is 591 Å². The van der Waals surface area contributed by atoms with Gasteiger partial charge in [-0.05, 0) is 80.4 Å². The van der Waals surface area contributed by atoms with Crippen molar-refractivity contribution in [2.75, 3.05) is 125 Å². The van der Waals surface area contributed by atoms with Crippen molar-refractivity contribution in [3.63, 3.8) is 0 Å². The first-order chi connectivity index (χ1) is 49.6. The number of hydrogen-bond donors (Lipinski definition) is 20. The molecule has 15 atom stereocenters. The average molecular weight is 1610 g/mol. The van der Waals surface area contributed by atoms with Crippen LogP contribution in [-0.4, -0.2) is 325 Å². The Bertz CT molecular complexity index is 2480. The molecule has 3 fully saturated rings. The third kappa shape index (κ3) is 36.0. The van der Waals surface area contributed by atoms with E-state index in [4.69, 9.17) is 48.5 Å². The van der Waals surface area contributed by atoms with Gasteiger partial charge in [-0.1, -0.05) is 0 Å². The molecule has 3 rings (SSSR count). The SMILES string of the molecule is CC(=O)N[C@H]1C(O)[C@@H](O)C(CO)O[C@H]1OCCCCC(=O)NCCCNC(=O)CCOCC(COCCC(=O)NCCCNC(=O)CCCCO[C@@H]1OC(CO)[C@H](O)C(O)[C@@H]1NC(C)=O)(COCCC(=O)NCCCNC(=O)CCCCO[C@@H]1OC(I)(CO)[C@H](O)C(O)[C@@H]1NC(C)=O)NC(=O)CON. The molecule has 0 saturated carbocycles. The molecule has 0 aliphatic carbocycles. The molecular weight excluding hydrogens is 1500 g/mol. The van der Waals surface area contributed by atoms with E-state index >= 15 is 0 Å².